The second-order valence-electron chi connectivity index (χ2n) is 5.20. The van der Waals surface area contributed by atoms with Crippen molar-refractivity contribution in [2.75, 3.05) is 6.79 Å². The summed E-state index contributed by atoms with van der Waals surface area (Å²) in [5.41, 5.74) is 2.29. The molecule has 0 saturated carbocycles. The van der Waals surface area contributed by atoms with Gasteiger partial charge in [0, 0.05) is 6.20 Å². The minimum atomic E-state index is -0.487. The van der Waals surface area contributed by atoms with Gasteiger partial charge in [0.05, 0.1) is 18.0 Å². The number of nitrogens with zero attached hydrogens (tertiary/aromatic N) is 1. The first kappa shape index (κ1) is 17.4. The summed E-state index contributed by atoms with van der Waals surface area (Å²) in [6.07, 6.45) is 3.35. The highest BCUT2D eigenvalue weighted by Gasteiger charge is 2.17. The van der Waals surface area contributed by atoms with Crippen molar-refractivity contribution in [2.24, 2.45) is 0 Å². The maximum absolute atomic E-state index is 12.0. The van der Waals surface area contributed by atoms with Gasteiger partial charge < -0.3 is 9.47 Å². The third kappa shape index (κ3) is 5.05. The van der Waals surface area contributed by atoms with Crippen LogP contribution in [0.5, 0.6) is 0 Å². The van der Waals surface area contributed by atoms with Gasteiger partial charge in [-0.15, -0.1) is 0 Å². The molecule has 5 heteroatoms. The Morgan fingerprint density at radius 1 is 1.21 bits per heavy atom. The molecule has 0 bridgehead atoms. The van der Waals surface area contributed by atoms with Gasteiger partial charge in [0.15, 0.2) is 0 Å². The lowest BCUT2D eigenvalue weighted by molar-refractivity contribution is -0.167. The van der Waals surface area contributed by atoms with Crippen LogP contribution in [0.2, 0.25) is 0 Å². The number of carbonyl (C=O) groups is 2. The zero-order chi connectivity index (χ0) is 17.4. The molecule has 1 atom stereocenters. The molecule has 0 fully saturated rings. The van der Waals surface area contributed by atoms with Crippen molar-refractivity contribution in [3.63, 3.8) is 0 Å². The second-order valence-corrected chi connectivity index (χ2v) is 5.20. The number of pyridine rings is 1. The van der Waals surface area contributed by atoms with Crippen LogP contribution in [-0.2, 0) is 25.5 Å². The molecule has 0 aliphatic rings. The molecule has 2 rings (SSSR count). The summed E-state index contributed by atoms with van der Waals surface area (Å²) in [6.45, 7) is 4.97. The number of rotatable bonds is 7. The van der Waals surface area contributed by atoms with Crippen LogP contribution in [0.15, 0.2) is 55.2 Å². The standard InChI is InChI=1S/C19H19NO4/c1-3-17-12-16(9-10-20-17)14(2)19(22)24-13-23-18(21)11-15-7-5-4-6-8-15/h3-10,12,14H,1,11,13H2,2H3. The highest BCUT2D eigenvalue weighted by molar-refractivity contribution is 5.78. The lowest BCUT2D eigenvalue weighted by Crippen LogP contribution is -2.18. The molecule has 1 unspecified atom stereocenters. The number of hydrogen-bond acceptors (Lipinski definition) is 5. The first-order valence-electron chi connectivity index (χ1n) is 7.54. The van der Waals surface area contributed by atoms with Gasteiger partial charge in [0.25, 0.3) is 0 Å². The number of esters is 2. The summed E-state index contributed by atoms with van der Waals surface area (Å²) < 4.78 is 9.95. The Labute approximate surface area is 140 Å². The monoisotopic (exact) mass is 325 g/mol. The quantitative estimate of drug-likeness (QED) is 0.578. The SMILES string of the molecule is C=Cc1cc(C(C)C(=O)OCOC(=O)Cc2ccccc2)ccn1. The number of aromatic nitrogens is 1. The topological polar surface area (TPSA) is 65.5 Å². The Balaban J connectivity index is 1.79. The Kier molecular flexibility index (Phi) is 6.25. The van der Waals surface area contributed by atoms with Gasteiger partial charge in [-0.25, -0.2) is 0 Å². The van der Waals surface area contributed by atoms with E-state index in [9.17, 15) is 9.59 Å². The molecule has 0 aliphatic heterocycles. The average Bonchev–Trinajstić information content (AvgIpc) is 2.61. The van der Waals surface area contributed by atoms with E-state index in [0.717, 1.165) is 11.1 Å². The summed E-state index contributed by atoms with van der Waals surface area (Å²) in [6, 6.07) is 12.7. The molecule has 0 spiro atoms. The molecule has 0 amide bonds. The fourth-order valence-electron chi connectivity index (χ4n) is 2.07. The molecule has 1 aromatic heterocycles. The first-order chi connectivity index (χ1) is 11.6. The van der Waals surface area contributed by atoms with E-state index < -0.39 is 24.6 Å². The van der Waals surface area contributed by atoms with E-state index >= 15 is 0 Å². The molecule has 1 heterocycles. The number of benzene rings is 1. The van der Waals surface area contributed by atoms with E-state index in [-0.39, 0.29) is 6.42 Å². The summed E-state index contributed by atoms with van der Waals surface area (Å²) in [5.74, 6) is -1.40. The van der Waals surface area contributed by atoms with E-state index in [4.69, 9.17) is 9.47 Å². The van der Waals surface area contributed by atoms with Gasteiger partial charge in [-0.2, -0.15) is 0 Å². The normalized spacial score (nSPS) is 11.4. The maximum atomic E-state index is 12.0. The Morgan fingerprint density at radius 3 is 2.67 bits per heavy atom. The van der Waals surface area contributed by atoms with Crippen LogP contribution in [0.1, 0.15) is 29.7 Å². The van der Waals surface area contributed by atoms with Gasteiger partial charge >= 0.3 is 11.9 Å². The van der Waals surface area contributed by atoms with Crippen LogP contribution in [0.3, 0.4) is 0 Å². The van der Waals surface area contributed by atoms with Crippen LogP contribution in [0, 0.1) is 0 Å². The van der Waals surface area contributed by atoms with Crippen molar-refractivity contribution < 1.29 is 19.1 Å². The molecule has 0 aliphatic carbocycles. The lowest BCUT2D eigenvalue weighted by atomic mass is 10.0. The highest BCUT2D eigenvalue weighted by atomic mass is 16.7. The second kappa shape index (κ2) is 8.62. The van der Waals surface area contributed by atoms with E-state index in [2.05, 4.69) is 11.6 Å². The number of carbonyl (C=O) groups excluding carboxylic acids is 2. The highest BCUT2D eigenvalue weighted by Crippen LogP contribution is 2.17. The smallest absolute Gasteiger partial charge is 0.316 e. The van der Waals surface area contributed by atoms with Crippen molar-refractivity contribution in [1.29, 1.82) is 0 Å². The minimum absolute atomic E-state index is 0.140. The van der Waals surface area contributed by atoms with Crippen molar-refractivity contribution in [1.82, 2.24) is 4.98 Å². The Bertz CT molecular complexity index is 712. The summed E-state index contributed by atoms with van der Waals surface area (Å²) in [7, 11) is 0. The molecular weight excluding hydrogens is 306 g/mol. The summed E-state index contributed by atoms with van der Waals surface area (Å²) >= 11 is 0. The van der Waals surface area contributed by atoms with E-state index in [1.807, 2.05) is 30.3 Å². The van der Waals surface area contributed by atoms with Crippen molar-refractivity contribution in [3.05, 3.63) is 72.1 Å². The third-order valence-electron chi connectivity index (χ3n) is 3.48. The molecule has 5 nitrogen and oxygen atoms in total. The number of hydrogen-bond donors (Lipinski definition) is 0. The predicted molar refractivity (Wildman–Crippen MR) is 89.9 cm³/mol. The fraction of sp³-hybridized carbons (Fsp3) is 0.211. The van der Waals surface area contributed by atoms with E-state index in [1.54, 1.807) is 31.3 Å². The molecular formula is C19H19NO4. The molecule has 0 N–H and O–H groups in total. The van der Waals surface area contributed by atoms with Crippen LogP contribution in [-0.4, -0.2) is 23.7 Å². The minimum Gasteiger partial charge on any atom is -0.428 e. The van der Waals surface area contributed by atoms with Crippen molar-refractivity contribution in [3.8, 4) is 0 Å². The van der Waals surface area contributed by atoms with Gasteiger partial charge in [-0.1, -0.05) is 36.9 Å². The molecule has 0 saturated heterocycles. The summed E-state index contributed by atoms with van der Waals surface area (Å²) in [5, 5.41) is 0. The van der Waals surface area contributed by atoms with Crippen LogP contribution in [0.4, 0.5) is 0 Å². The number of ether oxygens (including phenoxy) is 2. The van der Waals surface area contributed by atoms with Crippen LogP contribution >= 0.6 is 0 Å². The maximum Gasteiger partial charge on any atom is 0.316 e. The Morgan fingerprint density at radius 2 is 1.96 bits per heavy atom. The molecule has 1 aromatic carbocycles. The largest absolute Gasteiger partial charge is 0.428 e. The zero-order valence-electron chi connectivity index (χ0n) is 13.5. The zero-order valence-corrected chi connectivity index (χ0v) is 13.5. The molecule has 24 heavy (non-hydrogen) atoms. The van der Waals surface area contributed by atoms with Gasteiger partial charge in [-0.3, -0.25) is 14.6 Å². The van der Waals surface area contributed by atoms with Crippen LogP contribution in [0.25, 0.3) is 6.08 Å². The molecule has 0 radical (unpaired) electrons. The third-order valence-corrected chi connectivity index (χ3v) is 3.48. The van der Waals surface area contributed by atoms with Gasteiger partial charge in [-0.05, 0) is 36.3 Å². The van der Waals surface area contributed by atoms with Gasteiger partial charge in [0.1, 0.15) is 0 Å². The molecule has 2 aromatic rings. The average molecular weight is 325 g/mol. The van der Waals surface area contributed by atoms with E-state index in [1.165, 1.54) is 0 Å². The Hall–Kier alpha value is -2.95. The van der Waals surface area contributed by atoms with Crippen molar-refractivity contribution in [2.45, 2.75) is 19.3 Å². The van der Waals surface area contributed by atoms with E-state index in [0.29, 0.717) is 5.69 Å². The summed E-state index contributed by atoms with van der Waals surface area (Å²) in [4.78, 5) is 27.8. The lowest BCUT2D eigenvalue weighted by Gasteiger charge is -2.12. The van der Waals surface area contributed by atoms with Crippen molar-refractivity contribution >= 4 is 18.0 Å². The predicted octanol–water partition coefficient (Wildman–Crippen LogP) is 3.11. The first-order valence-corrected chi connectivity index (χ1v) is 7.54. The van der Waals surface area contributed by atoms with Crippen LogP contribution < -0.4 is 0 Å². The molecule has 124 valence electrons. The fourth-order valence-corrected chi connectivity index (χ4v) is 2.07. The van der Waals surface area contributed by atoms with Gasteiger partial charge in [0.2, 0.25) is 6.79 Å².